The highest BCUT2D eigenvalue weighted by atomic mass is 19.1. The van der Waals surface area contributed by atoms with Gasteiger partial charge in [-0.2, -0.15) is 0 Å². The van der Waals surface area contributed by atoms with Crippen molar-refractivity contribution in [1.82, 2.24) is 0 Å². The van der Waals surface area contributed by atoms with Crippen molar-refractivity contribution in [2.24, 2.45) is 0 Å². The first-order valence-electron chi connectivity index (χ1n) is 2.42. The summed E-state index contributed by atoms with van der Waals surface area (Å²) in [6.45, 7) is 1.82. The molecule has 0 aromatic carbocycles. The average Bonchev–Trinajstić information content (AvgIpc) is 1.68. The van der Waals surface area contributed by atoms with Gasteiger partial charge in [0.2, 0.25) is 0 Å². The molecule has 2 nitrogen and oxygen atoms in total. The van der Waals surface area contributed by atoms with E-state index in [-0.39, 0.29) is 14.2 Å². The van der Waals surface area contributed by atoms with Gasteiger partial charge in [-0.15, -0.1) is 0 Å². The van der Waals surface area contributed by atoms with E-state index in [1.165, 1.54) is 0 Å². The van der Waals surface area contributed by atoms with Crippen LogP contribution in [-0.2, 0) is 9.45 Å². The zero-order valence-electron chi connectivity index (χ0n) is 4.69. The minimum absolute atomic E-state index is 0.0992. The van der Waals surface area contributed by atoms with E-state index in [1.54, 1.807) is 0 Å². The first kappa shape index (κ1) is 7.46. The number of carbonyl (C=O) groups is 1. The standard InChI is InChI=1S/C4H7BFO2/c1-2-3-4(7)8-5-6/h2-3H2,1H3. The molecule has 0 amide bonds. The molecule has 0 fully saturated rings. The van der Waals surface area contributed by atoms with Crippen molar-refractivity contribution in [1.29, 1.82) is 0 Å². The van der Waals surface area contributed by atoms with Crippen molar-refractivity contribution in [3.8, 4) is 0 Å². The molecule has 4 heteroatoms. The SMILES string of the molecule is CCCC(=O)O[B]F. The van der Waals surface area contributed by atoms with E-state index in [4.69, 9.17) is 0 Å². The van der Waals surface area contributed by atoms with Gasteiger partial charge in [-0.05, 0) is 6.42 Å². The minimum Gasteiger partial charge on any atom is -0.508 e. The Hall–Kier alpha value is -0.535. The molecule has 0 N–H and O–H groups in total. The van der Waals surface area contributed by atoms with Gasteiger partial charge in [0.05, 0.1) is 0 Å². The first-order chi connectivity index (χ1) is 3.81. The van der Waals surface area contributed by atoms with Crippen LogP contribution in [0.3, 0.4) is 0 Å². The summed E-state index contributed by atoms with van der Waals surface area (Å²) in [6, 6.07) is 0. The van der Waals surface area contributed by atoms with Gasteiger partial charge in [0, 0.05) is 6.42 Å². The molecule has 0 aliphatic heterocycles. The van der Waals surface area contributed by atoms with E-state index in [9.17, 15) is 9.11 Å². The zero-order valence-corrected chi connectivity index (χ0v) is 4.69. The maximum Gasteiger partial charge on any atom is 0.617 e. The molecule has 45 valence electrons. The van der Waals surface area contributed by atoms with E-state index >= 15 is 0 Å². The Labute approximate surface area is 48.3 Å². The maximum atomic E-state index is 11.0. The second-order valence-corrected chi connectivity index (χ2v) is 1.33. The zero-order chi connectivity index (χ0) is 6.41. The average molecular weight is 117 g/mol. The molecule has 0 heterocycles. The summed E-state index contributed by atoms with van der Waals surface area (Å²) >= 11 is 0. The summed E-state index contributed by atoms with van der Waals surface area (Å²) in [5.74, 6) is -0.519. The van der Waals surface area contributed by atoms with Gasteiger partial charge in [-0.3, -0.25) is 9.11 Å². The monoisotopic (exact) mass is 117 g/mol. The third-order valence-electron chi connectivity index (χ3n) is 0.630. The van der Waals surface area contributed by atoms with Crippen LogP contribution >= 0.6 is 0 Å². The van der Waals surface area contributed by atoms with Crippen molar-refractivity contribution in [3.05, 3.63) is 0 Å². The highest BCUT2D eigenvalue weighted by Crippen LogP contribution is 1.88. The van der Waals surface area contributed by atoms with Crippen LogP contribution in [0.4, 0.5) is 4.32 Å². The van der Waals surface area contributed by atoms with Crippen molar-refractivity contribution in [2.75, 3.05) is 0 Å². The predicted molar refractivity (Wildman–Crippen MR) is 27.9 cm³/mol. The van der Waals surface area contributed by atoms with Gasteiger partial charge in [-0.25, -0.2) is 0 Å². The highest BCUT2D eigenvalue weighted by molar-refractivity contribution is 6.21. The summed E-state index contributed by atoms with van der Waals surface area (Å²) in [7, 11) is -0.0992. The van der Waals surface area contributed by atoms with Crippen molar-refractivity contribution < 1.29 is 13.8 Å². The summed E-state index contributed by atoms with van der Waals surface area (Å²) < 4.78 is 14.9. The van der Waals surface area contributed by atoms with Gasteiger partial charge in [0.1, 0.15) is 0 Å². The Bertz CT molecular complexity index is 68.4. The van der Waals surface area contributed by atoms with Crippen molar-refractivity contribution >= 4 is 13.7 Å². The maximum absolute atomic E-state index is 11.0. The lowest BCUT2D eigenvalue weighted by Gasteiger charge is -1.93. The molecule has 0 atom stereocenters. The van der Waals surface area contributed by atoms with Crippen LogP contribution < -0.4 is 0 Å². The number of hydrogen-bond donors (Lipinski definition) is 0. The third-order valence-corrected chi connectivity index (χ3v) is 0.630. The number of hydrogen-bond acceptors (Lipinski definition) is 2. The van der Waals surface area contributed by atoms with Crippen LogP contribution in [0.1, 0.15) is 19.8 Å². The van der Waals surface area contributed by atoms with E-state index in [0.29, 0.717) is 6.42 Å². The fraction of sp³-hybridized carbons (Fsp3) is 0.750. The van der Waals surface area contributed by atoms with Crippen LogP contribution in [0.2, 0.25) is 0 Å². The van der Waals surface area contributed by atoms with E-state index in [0.717, 1.165) is 0 Å². The third kappa shape index (κ3) is 3.65. The predicted octanol–water partition coefficient (Wildman–Crippen LogP) is 0.833. The van der Waals surface area contributed by atoms with Crippen molar-refractivity contribution in [2.45, 2.75) is 19.8 Å². The summed E-state index contributed by atoms with van der Waals surface area (Å²) in [5.41, 5.74) is 0. The highest BCUT2D eigenvalue weighted by Gasteiger charge is 1.99. The van der Waals surface area contributed by atoms with Gasteiger partial charge in [-0.1, -0.05) is 6.92 Å². The molecule has 0 aliphatic rings. The molecular weight excluding hydrogens is 110 g/mol. The van der Waals surface area contributed by atoms with Gasteiger partial charge >= 0.3 is 7.76 Å². The second kappa shape index (κ2) is 4.62. The molecule has 8 heavy (non-hydrogen) atoms. The summed E-state index contributed by atoms with van der Waals surface area (Å²) in [5, 5.41) is 0. The Morgan fingerprint density at radius 3 is 2.88 bits per heavy atom. The Morgan fingerprint density at radius 2 is 2.50 bits per heavy atom. The molecule has 0 rings (SSSR count). The Morgan fingerprint density at radius 1 is 1.88 bits per heavy atom. The molecule has 0 aromatic rings. The van der Waals surface area contributed by atoms with Crippen LogP contribution in [-0.4, -0.2) is 13.7 Å². The number of halogens is 1. The second-order valence-electron chi connectivity index (χ2n) is 1.33. The molecular formula is C4H7BFO2. The smallest absolute Gasteiger partial charge is 0.508 e. The van der Waals surface area contributed by atoms with Crippen LogP contribution in [0.5, 0.6) is 0 Å². The lowest BCUT2D eigenvalue weighted by Crippen LogP contribution is -2.03. The summed E-state index contributed by atoms with van der Waals surface area (Å²) in [6.07, 6.45) is 0.965. The van der Waals surface area contributed by atoms with Crippen LogP contribution in [0.25, 0.3) is 0 Å². The van der Waals surface area contributed by atoms with Crippen LogP contribution in [0, 0.1) is 0 Å². The minimum atomic E-state index is -0.519. The van der Waals surface area contributed by atoms with Gasteiger partial charge < -0.3 is 4.65 Å². The molecule has 0 saturated carbocycles. The quantitative estimate of drug-likeness (QED) is 0.511. The normalized spacial score (nSPS) is 8.25. The molecule has 0 spiro atoms. The van der Waals surface area contributed by atoms with Gasteiger partial charge in [0.25, 0.3) is 5.97 Å². The van der Waals surface area contributed by atoms with Crippen LogP contribution in [0.15, 0.2) is 0 Å². The molecule has 0 aromatic heterocycles. The van der Waals surface area contributed by atoms with E-state index in [2.05, 4.69) is 4.65 Å². The largest absolute Gasteiger partial charge is 0.617 e. The van der Waals surface area contributed by atoms with Gasteiger partial charge in [0.15, 0.2) is 0 Å². The molecule has 0 unspecified atom stereocenters. The molecule has 1 radical (unpaired) electrons. The Balaban J connectivity index is 3.06. The van der Waals surface area contributed by atoms with E-state index in [1.807, 2.05) is 6.92 Å². The molecule has 0 aliphatic carbocycles. The number of rotatable bonds is 3. The summed E-state index contributed by atoms with van der Waals surface area (Å²) in [4.78, 5) is 10.1. The lowest BCUT2D eigenvalue weighted by atomic mass is 10.3. The van der Waals surface area contributed by atoms with E-state index < -0.39 is 5.97 Å². The van der Waals surface area contributed by atoms with Crippen molar-refractivity contribution in [3.63, 3.8) is 0 Å². The first-order valence-corrected chi connectivity index (χ1v) is 2.42. The molecule has 0 bridgehead atoms. The fourth-order valence-corrected chi connectivity index (χ4v) is 0.313. The molecule has 0 saturated heterocycles. The Kier molecular flexibility index (Phi) is 4.31. The number of carbonyl (C=O) groups excluding carboxylic acids is 1. The topological polar surface area (TPSA) is 26.3 Å². The fourth-order valence-electron chi connectivity index (χ4n) is 0.313. The lowest BCUT2D eigenvalue weighted by molar-refractivity contribution is -0.134.